The molecule has 3 N–H and O–H groups in total. The van der Waals surface area contributed by atoms with E-state index in [4.69, 9.17) is 22.9 Å². The van der Waals surface area contributed by atoms with Crippen LogP contribution in [0.2, 0.25) is 0 Å². The lowest BCUT2D eigenvalue weighted by Gasteiger charge is -2.23. The normalized spacial score (nSPS) is 27.6. The number of anilines is 1. The average Bonchev–Trinajstić information content (AvgIpc) is 3.05. The lowest BCUT2D eigenvalue weighted by Crippen LogP contribution is -2.27. The van der Waals surface area contributed by atoms with E-state index in [1.807, 2.05) is 0 Å². The molecule has 3 unspecified atom stereocenters. The Labute approximate surface area is 132 Å². The molecule has 3 atom stereocenters. The van der Waals surface area contributed by atoms with Crippen molar-refractivity contribution in [3.63, 3.8) is 0 Å². The van der Waals surface area contributed by atoms with Crippen LogP contribution in [-0.2, 0) is 12.8 Å². The Bertz CT molecular complexity index is 555. The maximum atomic E-state index is 5.92. The zero-order chi connectivity index (χ0) is 15.0. The molecular formula is C17H25N3S. The Morgan fingerprint density at radius 1 is 1.43 bits per heavy atom. The number of aryl methyl sites for hydroxylation is 2. The van der Waals surface area contributed by atoms with Gasteiger partial charge in [0.15, 0.2) is 0 Å². The maximum absolute atomic E-state index is 5.92. The zero-order valence-corrected chi connectivity index (χ0v) is 13.8. The SMILES string of the molecule is CCC1CCC(Nc2nc3c(cc2C(N)=S)CCC3)C1C. The molecule has 1 heterocycles. The van der Waals surface area contributed by atoms with Crippen molar-refractivity contribution in [2.24, 2.45) is 17.6 Å². The fourth-order valence-electron chi connectivity index (χ4n) is 3.97. The number of hydrogen-bond donors (Lipinski definition) is 2. The van der Waals surface area contributed by atoms with Gasteiger partial charge in [0.05, 0.1) is 5.56 Å². The van der Waals surface area contributed by atoms with E-state index in [9.17, 15) is 0 Å². The van der Waals surface area contributed by atoms with Gasteiger partial charge in [0.1, 0.15) is 10.8 Å². The molecule has 21 heavy (non-hydrogen) atoms. The van der Waals surface area contributed by atoms with Gasteiger partial charge >= 0.3 is 0 Å². The largest absolute Gasteiger partial charge is 0.389 e. The highest BCUT2D eigenvalue weighted by atomic mass is 32.1. The molecule has 1 aromatic heterocycles. The molecule has 0 aliphatic heterocycles. The van der Waals surface area contributed by atoms with Crippen molar-refractivity contribution >= 4 is 23.0 Å². The summed E-state index contributed by atoms with van der Waals surface area (Å²) in [7, 11) is 0. The highest BCUT2D eigenvalue weighted by Crippen LogP contribution is 2.36. The third-order valence-corrected chi connectivity index (χ3v) is 5.61. The van der Waals surface area contributed by atoms with Crippen molar-refractivity contribution in [3.05, 3.63) is 22.9 Å². The lowest BCUT2D eigenvalue weighted by atomic mass is 9.93. The third kappa shape index (κ3) is 2.78. The molecule has 1 fully saturated rings. The highest BCUT2D eigenvalue weighted by Gasteiger charge is 2.32. The summed E-state index contributed by atoms with van der Waals surface area (Å²) in [5, 5.41) is 3.66. The molecular weight excluding hydrogens is 278 g/mol. The van der Waals surface area contributed by atoms with Crippen LogP contribution in [0.1, 0.15) is 56.4 Å². The second-order valence-corrected chi connectivity index (χ2v) is 7.00. The van der Waals surface area contributed by atoms with Gasteiger partial charge in [-0.05, 0) is 55.6 Å². The number of nitrogens with one attached hydrogen (secondary N) is 1. The van der Waals surface area contributed by atoms with Gasteiger partial charge in [-0.15, -0.1) is 0 Å². The van der Waals surface area contributed by atoms with Gasteiger partial charge in [0.25, 0.3) is 0 Å². The lowest BCUT2D eigenvalue weighted by molar-refractivity contribution is 0.391. The van der Waals surface area contributed by atoms with Crippen molar-refractivity contribution in [1.82, 2.24) is 4.98 Å². The fourth-order valence-corrected chi connectivity index (χ4v) is 4.13. The molecule has 0 aromatic carbocycles. The Morgan fingerprint density at radius 3 is 2.90 bits per heavy atom. The topological polar surface area (TPSA) is 50.9 Å². The van der Waals surface area contributed by atoms with Crippen LogP contribution >= 0.6 is 12.2 Å². The van der Waals surface area contributed by atoms with Crippen LogP contribution < -0.4 is 11.1 Å². The Hall–Kier alpha value is -1.16. The number of rotatable bonds is 4. The summed E-state index contributed by atoms with van der Waals surface area (Å²) < 4.78 is 0. The summed E-state index contributed by atoms with van der Waals surface area (Å²) in [6.45, 7) is 4.64. The molecule has 2 aliphatic carbocycles. The Kier molecular flexibility index (Phi) is 4.16. The third-order valence-electron chi connectivity index (χ3n) is 5.39. The molecule has 3 rings (SSSR count). The summed E-state index contributed by atoms with van der Waals surface area (Å²) in [6.07, 6.45) is 7.17. The van der Waals surface area contributed by atoms with E-state index >= 15 is 0 Å². The molecule has 0 bridgehead atoms. The quantitative estimate of drug-likeness (QED) is 0.837. The first-order chi connectivity index (χ1) is 10.1. The van der Waals surface area contributed by atoms with E-state index in [1.54, 1.807) is 0 Å². The average molecular weight is 303 g/mol. The molecule has 0 radical (unpaired) electrons. The van der Waals surface area contributed by atoms with Crippen LogP contribution in [0.5, 0.6) is 0 Å². The van der Waals surface area contributed by atoms with Crippen LogP contribution in [-0.4, -0.2) is 16.0 Å². The van der Waals surface area contributed by atoms with Gasteiger partial charge in [-0.3, -0.25) is 0 Å². The van der Waals surface area contributed by atoms with E-state index in [1.165, 1.54) is 36.9 Å². The molecule has 0 saturated heterocycles. The first-order valence-electron chi connectivity index (χ1n) is 8.19. The van der Waals surface area contributed by atoms with Gasteiger partial charge < -0.3 is 11.1 Å². The first-order valence-corrected chi connectivity index (χ1v) is 8.60. The minimum Gasteiger partial charge on any atom is -0.389 e. The van der Waals surface area contributed by atoms with Gasteiger partial charge in [-0.1, -0.05) is 32.5 Å². The zero-order valence-electron chi connectivity index (χ0n) is 13.0. The monoisotopic (exact) mass is 303 g/mol. The van der Waals surface area contributed by atoms with Gasteiger partial charge in [0, 0.05) is 11.7 Å². The van der Waals surface area contributed by atoms with Crippen LogP contribution in [0.4, 0.5) is 5.82 Å². The minimum atomic E-state index is 0.456. The standard InChI is InChI=1S/C17H25N3S/c1-3-11-7-8-14(10(11)2)19-17-13(16(18)21)9-12-5-4-6-15(12)20-17/h9-11,14H,3-8H2,1-2H3,(H2,18,21)(H,19,20). The number of fused-ring (bicyclic) bond motifs is 1. The molecule has 1 saturated carbocycles. The summed E-state index contributed by atoms with van der Waals surface area (Å²) in [6, 6.07) is 2.66. The molecule has 0 spiro atoms. The Balaban J connectivity index is 1.86. The fraction of sp³-hybridized carbons (Fsp3) is 0.647. The van der Waals surface area contributed by atoms with Crippen LogP contribution in [0.25, 0.3) is 0 Å². The molecule has 4 heteroatoms. The second kappa shape index (κ2) is 5.91. The number of pyridine rings is 1. The number of aromatic nitrogens is 1. The number of nitrogens with two attached hydrogens (primary N) is 1. The highest BCUT2D eigenvalue weighted by molar-refractivity contribution is 7.80. The molecule has 0 amide bonds. The van der Waals surface area contributed by atoms with Gasteiger partial charge in [-0.2, -0.15) is 0 Å². The molecule has 114 valence electrons. The van der Waals surface area contributed by atoms with Crippen molar-refractivity contribution < 1.29 is 0 Å². The first kappa shape index (κ1) is 14.8. The van der Waals surface area contributed by atoms with E-state index < -0.39 is 0 Å². The van der Waals surface area contributed by atoms with Gasteiger partial charge in [0.2, 0.25) is 0 Å². The van der Waals surface area contributed by atoms with E-state index in [0.29, 0.717) is 16.9 Å². The minimum absolute atomic E-state index is 0.456. The maximum Gasteiger partial charge on any atom is 0.136 e. The van der Waals surface area contributed by atoms with E-state index in [-0.39, 0.29) is 0 Å². The van der Waals surface area contributed by atoms with Crippen molar-refractivity contribution in [1.29, 1.82) is 0 Å². The number of hydrogen-bond acceptors (Lipinski definition) is 3. The van der Waals surface area contributed by atoms with Crippen LogP contribution in [0.15, 0.2) is 6.07 Å². The predicted molar refractivity (Wildman–Crippen MR) is 91.7 cm³/mol. The summed E-state index contributed by atoms with van der Waals surface area (Å²) >= 11 is 5.23. The van der Waals surface area contributed by atoms with Crippen LogP contribution in [0.3, 0.4) is 0 Å². The summed E-state index contributed by atoms with van der Waals surface area (Å²) in [4.78, 5) is 5.30. The molecule has 1 aromatic rings. The predicted octanol–water partition coefficient (Wildman–Crippen LogP) is 3.44. The Morgan fingerprint density at radius 2 is 2.24 bits per heavy atom. The summed E-state index contributed by atoms with van der Waals surface area (Å²) in [5.74, 6) is 2.42. The summed E-state index contributed by atoms with van der Waals surface area (Å²) in [5.41, 5.74) is 9.41. The second-order valence-electron chi connectivity index (χ2n) is 6.56. The molecule has 2 aliphatic rings. The number of thiocarbonyl (C=S) groups is 1. The number of nitrogens with zero attached hydrogens (tertiary/aromatic N) is 1. The van der Waals surface area contributed by atoms with Gasteiger partial charge in [-0.25, -0.2) is 4.98 Å². The van der Waals surface area contributed by atoms with Crippen molar-refractivity contribution in [2.75, 3.05) is 5.32 Å². The van der Waals surface area contributed by atoms with Crippen molar-refractivity contribution in [3.8, 4) is 0 Å². The van der Waals surface area contributed by atoms with Crippen molar-refractivity contribution in [2.45, 2.75) is 58.4 Å². The van der Waals surface area contributed by atoms with E-state index in [2.05, 4.69) is 25.2 Å². The smallest absolute Gasteiger partial charge is 0.136 e. The van der Waals surface area contributed by atoms with E-state index in [0.717, 1.165) is 30.1 Å². The molecule has 3 nitrogen and oxygen atoms in total. The van der Waals surface area contributed by atoms with Crippen LogP contribution in [0, 0.1) is 11.8 Å².